The van der Waals surface area contributed by atoms with Crippen molar-refractivity contribution >= 4 is 5.97 Å². The first-order valence-corrected chi connectivity index (χ1v) is 8.13. The number of halogens is 1. The van der Waals surface area contributed by atoms with Crippen molar-refractivity contribution in [1.82, 2.24) is 0 Å². The van der Waals surface area contributed by atoms with Crippen LogP contribution in [-0.4, -0.2) is 12.6 Å². The Morgan fingerprint density at radius 3 is 2.38 bits per heavy atom. The molecule has 1 unspecified atom stereocenters. The molecule has 1 atom stereocenters. The Bertz CT molecular complexity index is 735. The number of carbonyl (C=O) groups excluding carboxylic acids is 1. The summed E-state index contributed by atoms with van der Waals surface area (Å²) in [7, 11) is 0. The molecule has 2 rings (SSSR count). The number of aryl methyl sites for hydroxylation is 3. The fourth-order valence-corrected chi connectivity index (χ4v) is 2.99. The van der Waals surface area contributed by atoms with Crippen molar-refractivity contribution in [2.75, 3.05) is 6.61 Å². The van der Waals surface area contributed by atoms with Crippen LogP contribution in [0.4, 0.5) is 4.39 Å². The second kappa shape index (κ2) is 7.58. The number of nitrogens with two attached hydrogens (primary N) is 1. The minimum absolute atomic E-state index is 0.0413. The summed E-state index contributed by atoms with van der Waals surface area (Å²) >= 11 is 0. The molecule has 0 bridgehead atoms. The summed E-state index contributed by atoms with van der Waals surface area (Å²) in [4.78, 5) is 11.7. The van der Waals surface area contributed by atoms with Gasteiger partial charge in [-0.1, -0.05) is 18.2 Å². The number of hydrogen-bond donors (Lipinski definition) is 1. The smallest absolute Gasteiger partial charge is 0.307 e. The van der Waals surface area contributed by atoms with Gasteiger partial charge in [0.2, 0.25) is 0 Å². The van der Waals surface area contributed by atoms with Crippen molar-refractivity contribution in [3.8, 4) is 11.1 Å². The Hall–Kier alpha value is -2.20. The van der Waals surface area contributed by atoms with Crippen LogP contribution in [0.25, 0.3) is 11.1 Å². The number of ether oxygens (including phenoxy) is 1. The summed E-state index contributed by atoms with van der Waals surface area (Å²) in [6, 6.07) is 8.90. The van der Waals surface area contributed by atoms with Gasteiger partial charge in [0.1, 0.15) is 5.82 Å². The summed E-state index contributed by atoms with van der Waals surface area (Å²) in [5.74, 6) is -0.777. The predicted molar refractivity (Wildman–Crippen MR) is 94.2 cm³/mol. The van der Waals surface area contributed by atoms with Gasteiger partial charge in [-0.3, -0.25) is 4.79 Å². The molecule has 3 nitrogen and oxygen atoms in total. The summed E-state index contributed by atoms with van der Waals surface area (Å²) in [5.41, 5.74) is 11.2. The van der Waals surface area contributed by atoms with Gasteiger partial charge in [0.15, 0.2) is 0 Å². The zero-order chi connectivity index (χ0) is 17.9. The normalized spacial score (nSPS) is 12.1. The van der Waals surface area contributed by atoms with Crippen LogP contribution in [0.3, 0.4) is 0 Å². The maximum absolute atomic E-state index is 14.6. The molecule has 0 spiro atoms. The lowest BCUT2D eigenvalue weighted by Crippen LogP contribution is -2.19. The van der Waals surface area contributed by atoms with Crippen molar-refractivity contribution in [2.45, 2.75) is 40.2 Å². The Balaban J connectivity index is 2.47. The number of rotatable bonds is 5. The maximum atomic E-state index is 14.6. The monoisotopic (exact) mass is 329 g/mol. The lowest BCUT2D eigenvalue weighted by atomic mass is 9.91. The van der Waals surface area contributed by atoms with E-state index in [1.165, 1.54) is 0 Å². The summed E-state index contributed by atoms with van der Waals surface area (Å²) in [6.07, 6.45) is -0.0413. The van der Waals surface area contributed by atoms with Gasteiger partial charge in [0.05, 0.1) is 13.0 Å². The molecule has 0 radical (unpaired) electrons. The molecule has 0 saturated carbocycles. The third-order valence-corrected chi connectivity index (χ3v) is 4.14. The second-order valence-electron chi connectivity index (χ2n) is 6.08. The number of carbonyl (C=O) groups is 1. The zero-order valence-corrected chi connectivity index (χ0v) is 14.7. The molecule has 2 N–H and O–H groups in total. The third-order valence-electron chi connectivity index (χ3n) is 4.14. The van der Waals surface area contributed by atoms with Crippen molar-refractivity contribution in [2.24, 2.45) is 5.73 Å². The topological polar surface area (TPSA) is 52.3 Å². The van der Waals surface area contributed by atoms with E-state index in [4.69, 9.17) is 10.5 Å². The van der Waals surface area contributed by atoms with Crippen LogP contribution >= 0.6 is 0 Å². The molecule has 0 amide bonds. The van der Waals surface area contributed by atoms with E-state index in [1.54, 1.807) is 19.9 Å². The van der Waals surface area contributed by atoms with Gasteiger partial charge in [-0.25, -0.2) is 4.39 Å². The molecule has 0 heterocycles. The van der Waals surface area contributed by atoms with E-state index < -0.39 is 12.0 Å². The van der Waals surface area contributed by atoms with Crippen LogP contribution in [0, 0.1) is 26.6 Å². The van der Waals surface area contributed by atoms with E-state index in [-0.39, 0.29) is 18.8 Å². The first-order chi connectivity index (χ1) is 11.3. The van der Waals surface area contributed by atoms with E-state index >= 15 is 0 Å². The van der Waals surface area contributed by atoms with Gasteiger partial charge in [0.25, 0.3) is 0 Å². The van der Waals surface area contributed by atoms with E-state index in [2.05, 4.69) is 0 Å². The minimum atomic E-state index is -0.730. The molecule has 24 heavy (non-hydrogen) atoms. The fourth-order valence-electron chi connectivity index (χ4n) is 2.99. The first-order valence-electron chi connectivity index (χ1n) is 8.13. The molecule has 128 valence electrons. The molecule has 0 saturated heterocycles. The predicted octanol–water partition coefficient (Wildman–Crippen LogP) is 4.37. The van der Waals surface area contributed by atoms with Crippen LogP contribution in [0.1, 0.15) is 41.6 Å². The number of benzene rings is 2. The van der Waals surface area contributed by atoms with Gasteiger partial charge in [-0.15, -0.1) is 0 Å². The van der Waals surface area contributed by atoms with E-state index in [0.29, 0.717) is 11.1 Å². The Morgan fingerprint density at radius 2 is 1.79 bits per heavy atom. The summed E-state index contributed by atoms with van der Waals surface area (Å²) in [6.45, 7) is 7.79. The van der Waals surface area contributed by atoms with E-state index in [1.807, 2.05) is 38.1 Å². The first kappa shape index (κ1) is 18.1. The quantitative estimate of drug-likeness (QED) is 0.829. The Labute approximate surface area is 142 Å². The molecule has 2 aromatic carbocycles. The third kappa shape index (κ3) is 3.82. The molecule has 2 aromatic rings. The molecule has 4 heteroatoms. The molecule has 0 fully saturated rings. The average Bonchev–Trinajstić information content (AvgIpc) is 2.50. The molecular weight excluding hydrogens is 305 g/mol. The fraction of sp³-hybridized carbons (Fsp3) is 0.350. The molecule has 0 aromatic heterocycles. The van der Waals surface area contributed by atoms with Crippen LogP contribution in [0.5, 0.6) is 0 Å². The lowest BCUT2D eigenvalue weighted by Gasteiger charge is -2.17. The van der Waals surface area contributed by atoms with Gasteiger partial charge >= 0.3 is 5.97 Å². The largest absolute Gasteiger partial charge is 0.466 e. The lowest BCUT2D eigenvalue weighted by molar-refractivity contribution is -0.143. The second-order valence-corrected chi connectivity index (χ2v) is 6.08. The van der Waals surface area contributed by atoms with Crippen LogP contribution in [0.15, 0.2) is 30.3 Å². The Morgan fingerprint density at radius 1 is 1.17 bits per heavy atom. The highest BCUT2D eigenvalue weighted by molar-refractivity contribution is 5.73. The van der Waals surface area contributed by atoms with Crippen LogP contribution in [-0.2, 0) is 9.53 Å². The van der Waals surface area contributed by atoms with E-state index in [0.717, 1.165) is 22.3 Å². The molecule has 0 aliphatic rings. The standard InChI is InChI=1S/C20H24FNO2/c1-5-24-18(23)11-17(22)16-10-15(9-14(4)20(16)21)19-12(2)7-6-8-13(19)3/h6-10,17H,5,11,22H2,1-4H3. The number of hydrogen-bond acceptors (Lipinski definition) is 3. The van der Waals surface area contributed by atoms with Gasteiger partial charge in [-0.2, -0.15) is 0 Å². The highest BCUT2D eigenvalue weighted by Gasteiger charge is 2.19. The molecule has 0 aliphatic carbocycles. The number of esters is 1. The average molecular weight is 329 g/mol. The summed E-state index contributed by atoms with van der Waals surface area (Å²) < 4.78 is 19.5. The Kier molecular flexibility index (Phi) is 5.73. The maximum Gasteiger partial charge on any atom is 0.307 e. The minimum Gasteiger partial charge on any atom is -0.466 e. The van der Waals surface area contributed by atoms with Crippen LogP contribution in [0.2, 0.25) is 0 Å². The van der Waals surface area contributed by atoms with Crippen molar-refractivity contribution in [3.63, 3.8) is 0 Å². The van der Waals surface area contributed by atoms with Gasteiger partial charge < -0.3 is 10.5 Å². The van der Waals surface area contributed by atoms with Crippen molar-refractivity contribution in [3.05, 3.63) is 58.4 Å². The van der Waals surface area contributed by atoms with Crippen molar-refractivity contribution < 1.29 is 13.9 Å². The van der Waals surface area contributed by atoms with Gasteiger partial charge in [0, 0.05) is 11.6 Å². The molecular formula is C20H24FNO2. The summed E-state index contributed by atoms with van der Waals surface area (Å²) in [5, 5.41) is 0. The zero-order valence-electron chi connectivity index (χ0n) is 14.7. The highest BCUT2D eigenvalue weighted by atomic mass is 19.1. The van der Waals surface area contributed by atoms with Gasteiger partial charge in [-0.05, 0) is 67.6 Å². The molecule has 0 aliphatic heterocycles. The van der Waals surface area contributed by atoms with Crippen LogP contribution < -0.4 is 5.73 Å². The van der Waals surface area contributed by atoms with Crippen molar-refractivity contribution in [1.29, 1.82) is 0 Å². The van der Waals surface area contributed by atoms with E-state index in [9.17, 15) is 9.18 Å². The SMILES string of the molecule is CCOC(=O)CC(N)c1cc(-c2c(C)cccc2C)cc(C)c1F. The highest BCUT2D eigenvalue weighted by Crippen LogP contribution is 2.32.